The standard InChI is InChI=1S/C21H30ClN3O2/c1-21(2,3)24-19(26)13-25-17-8-9-18(25)11-14(10-17)12-23-20(27)15-4-6-16(22)7-5-15/h4-7,14,17-18H,8-13H2,1-3H3,(H,23,27)(H,24,26)/t14-,17-,18+. The summed E-state index contributed by atoms with van der Waals surface area (Å²) >= 11 is 5.87. The highest BCUT2D eigenvalue weighted by atomic mass is 35.5. The molecule has 2 saturated heterocycles. The van der Waals surface area contributed by atoms with Crippen LogP contribution < -0.4 is 10.6 Å². The molecule has 2 fully saturated rings. The molecule has 27 heavy (non-hydrogen) atoms. The number of benzene rings is 1. The third-order valence-electron chi connectivity index (χ3n) is 5.48. The van der Waals surface area contributed by atoms with Gasteiger partial charge in [-0.15, -0.1) is 0 Å². The Morgan fingerprint density at radius 2 is 1.70 bits per heavy atom. The zero-order valence-electron chi connectivity index (χ0n) is 16.4. The van der Waals surface area contributed by atoms with E-state index in [4.69, 9.17) is 11.6 Å². The van der Waals surface area contributed by atoms with Crippen LogP contribution >= 0.6 is 11.6 Å². The minimum atomic E-state index is -0.194. The van der Waals surface area contributed by atoms with Crippen molar-refractivity contribution in [2.24, 2.45) is 5.92 Å². The largest absolute Gasteiger partial charge is 0.352 e. The second kappa shape index (κ2) is 8.19. The molecule has 1 aromatic carbocycles. The van der Waals surface area contributed by atoms with Crippen LogP contribution in [0.3, 0.4) is 0 Å². The zero-order valence-corrected chi connectivity index (χ0v) is 17.2. The summed E-state index contributed by atoms with van der Waals surface area (Å²) in [6, 6.07) is 7.87. The number of hydrogen-bond acceptors (Lipinski definition) is 3. The van der Waals surface area contributed by atoms with Crippen molar-refractivity contribution in [2.45, 2.75) is 64.1 Å². The van der Waals surface area contributed by atoms with Gasteiger partial charge in [0.1, 0.15) is 0 Å². The summed E-state index contributed by atoms with van der Waals surface area (Å²) in [6.07, 6.45) is 4.38. The Morgan fingerprint density at radius 1 is 1.11 bits per heavy atom. The third-order valence-corrected chi connectivity index (χ3v) is 5.73. The Labute approximate surface area is 166 Å². The average Bonchev–Trinajstić information content (AvgIpc) is 2.80. The second-order valence-electron chi connectivity index (χ2n) is 8.91. The molecular weight excluding hydrogens is 362 g/mol. The molecule has 3 atom stereocenters. The lowest BCUT2D eigenvalue weighted by Gasteiger charge is -2.39. The predicted octanol–water partition coefficient (Wildman–Crippen LogP) is 3.23. The van der Waals surface area contributed by atoms with Crippen molar-refractivity contribution in [1.82, 2.24) is 15.5 Å². The Morgan fingerprint density at radius 3 is 2.26 bits per heavy atom. The molecule has 0 saturated carbocycles. The van der Waals surface area contributed by atoms with E-state index in [1.54, 1.807) is 24.3 Å². The maximum absolute atomic E-state index is 12.3. The van der Waals surface area contributed by atoms with Gasteiger partial charge in [0, 0.05) is 34.8 Å². The number of carbonyl (C=O) groups is 2. The lowest BCUT2D eigenvalue weighted by molar-refractivity contribution is -0.125. The normalized spacial score (nSPS) is 25.3. The van der Waals surface area contributed by atoms with Gasteiger partial charge in [-0.1, -0.05) is 11.6 Å². The van der Waals surface area contributed by atoms with Crippen LogP contribution in [0.1, 0.15) is 56.8 Å². The maximum Gasteiger partial charge on any atom is 0.251 e. The van der Waals surface area contributed by atoms with Crippen molar-refractivity contribution < 1.29 is 9.59 Å². The molecule has 2 heterocycles. The maximum atomic E-state index is 12.3. The van der Waals surface area contributed by atoms with Crippen LogP contribution in [0.15, 0.2) is 24.3 Å². The smallest absolute Gasteiger partial charge is 0.251 e. The fourth-order valence-electron chi connectivity index (χ4n) is 4.38. The van der Waals surface area contributed by atoms with E-state index in [-0.39, 0.29) is 17.4 Å². The summed E-state index contributed by atoms with van der Waals surface area (Å²) in [5.74, 6) is 0.528. The molecule has 148 valence electrons. The van der Waals surface area contributed by atoms with Crippen LogP contribution in [0, 0.1) is 5.92 Å². The summed E-state index contributed by atoms with van der Waals surface area (Å²) in [4.78, 5) is 27.0. The van der Waals surface area contributed by atoms with Crippen LogP contribution in [0.5, 0.6) is 0 Å². The molecule has 6 heteroatoms. The van der Waals surface area contributed by atoms with E-state index >= 15 is 0 Å². The molecule has 2 aliphatic rings. The molecule has 5 nitrogen and oxygen atoms in total. The topological polar surface area (TPSA) is 61.4 Å². The number of amides is 2. The van der Waals surface area contributed by atoms with Gasteiger partial charge in [-0.2, -0.15) is 0 Å². The van der Waals surface area contributed by atoms with Crippen LogP contribution in [0.25, 0.3) is 0 Å². The van der Waals surface area contributed by atoms with Crippen molar-refractivity contribution in [3.8, 4) is 0 Å². The van der Waals surface area contributed by atoms with Gasteiger partial charge in [-0.3, -0.25) is 14.5 Å². The molecule has 2 bridgehead atoms. The summed E-state index contributed by atoms with van der Waals surface area (Å²) in [5, 5.41) is 6.76. The van der Waals surface area contributed by atoms with E-state index in [9.17, 15) is 9.59 Å². The number of nitrogens with one attached hydrogen (secondary N) is 2. The van der Waals surface area contributed by atoms with Crippen molar-refractivity contribution in [1.29, 1.82) is 0 Å². The van der Waals surface area contributed by atoms with Gasteiger partial charge in [0.05, 0.1) is 6.54 Å². The Bertz CT molecular complexity index is 670. The highest BCUT2D eigenvalue weighted by Gasteiger charge is 2.41. The van der Waals surface area contributed by atoms with Crippen molar-refractivity contribution in [3.05, 3.63) is 34.9 Å². The lowest BCUT2D eigenvalue weighted by atomic mass is 9.90. The first kappa shape index (κ1) is 20.2. The van der Waals surface area contributed by atoms with Gasteiger partial charge in [0.15, 0.2) is 0 Å². The van der Waals surface area contributed by atoms with Gasteiger partial charge >= 0.3 is 0 Å². The third kappa shape index (κ3) is 5.45. The number of hydrogen-bond donors (Lipinski definition) is 2. The Kier molecular flexibility index (Phi) is 6.11. The molecule has 2 aliphatic heterocycles. The van der Waals surface area contributed by atoms with Gasteiger partial charge in [-0.05, 0) is 76.6 Å². The molecule has 3 rings (SSSR count). The zero-order chi connectivity index (χ0) is 19.6. The van der Waals surface area contributed by atoms with Gasteiger partial charge in [-0.25, -0.2) is 0 Å². The summed E-state index contributed by atoms with van der Waals surface area (Å²) in [7, 11) is 0. The van der Waals surface area contributed by atoms with Crippen LogP contribution in [-0.4, -0.2) is 47.4 Å². The van der Waals surface area contributed by atoms with E-state index < -0.39 is 0 Å². The predicted molar refractivity (Wildman–Crippen MR) is 108 cm³/mol. The lowest BCUT2D eigenvalue weighted by Crippen LogP contribution is -2.52. The van der Waals surface area contributed by atoms with Crippen LogP contribution in [0.2, 0.25) is 5.02 Å². The van der Waals surface area contributed by atoms with E-state index in [1.165, 1.54) is 0 Å². The molecule has 0 radical (unpaired) electrons. The first-order valence-corrected chi connectivity index (χ1v) is 10.2. The van der Waals surface area contributed by atoms with Gasteiger partial charge in [0.2, 0.25) is 5.91 Å². The van der Waals surface area contributed by atoms with Crippen molar-refractivity contribution in [3.63, 3.8) is 0 Å². The summed E-state index contributed by atoms with van der Waals surface area (Å²) in [6.45, 7) is 7.20. The Hall–Kier alpha value is -1.59. The first-order valence-electron chi connectivity index (χ1n) is 9.82. The average molecular weight is 392 g/mol. The molecule has 1 aromatic rings. The van der Waals surface area contributed by atoms with E-state index in [2.05, 4.69) is 15.5 Å². The van der Waals surface area contributed by atoms with Crippen LogP contribution in [-0.2, 0) is 4.79 Å². The molecular formula is C21H30ClN3O2. The first-order chi connectivity index (χ1) is 12.7. The quantitative estimate of drug-likeness (QED) is 0.810. The minimum Gasteiger partial charge on any atom is -0.352 e. The van der Waals surface area contributed by atoms with E-state index in [0.29, 0.717) is 41.7 Å². The van der Waals surface area contributed by atoms with E-state index in [1.807, 2.05) is 20.8 Å². The number of piperidine rings is 1. The van der Waals surface area contributed by atoms with Gasteiger partial charge < -0.3 is 10.6 Å². The van der Waals surface area contributed by atoms with Gasteiger partial charge in [0.25, 0.3) is 5.91 Å². The fourth-order valence-corrected chi connectivity index (χ4v) is 4.50. The second-order valence-corrected chi connectivity index (χ2v) is 9.35. The SMILES string of the molecule is CC(C)(C)NC(=O)CN1[C@@H]2CC[C@H]1C[C@H](CNC(=O)c1ccc(Cl)cc1)C2. The number of halogens is 1. The molecule has 0 aromatic heterocycles. The molecule has 0 aliphatic carbocycles. The molecule has 0 spiro atoms. The van der Waals surface area contributed by atoms with Crippen LogP contribution in [0.4, 0.5) is 0 Å². The molecule has 2 amide bonds. The fraction of sp³-hybridized carbons (Fsp3) is 0.619. The molecule has 0 unspecified atom stereocenters. The highest BCUT2D eigenvalue weighted by molar-refractivity contribution is 6.30. The molecule has 2 N–H and O–H groups in total. The number of nitrogens with zero attached hydrogens (tertiary/aromatic N) is 1. The van der Waals surface area contributed by atoms with Crippen molar-refractivity contribution >= 4 is 23.4 Å². The monoisotopic (exact) mass is 391 g/mol. The summed E-state index contributed by atoms with van der Waals surface area (Å²) < 4.78 is 0. The highest BCUT2D eigenvalue weighted by Crippen LogP contribution is 2.38. The number of fused-ring (bicyclic) bond motifs is 2. The number of rotatable bonds is 5. The number of carbonyl (C=O) groups excluding carboxylic acids is 2. The minimum absolute atomic E-state index is 0.0500. The van der Waals surface area contributed by atoms with E-state index in [0.717, 1.165) is 25.7 Å². The Balaban J connectivity index is 1.49. The summed E-state index contributed by atoms with van der Waals surface area (Å²) in [5.41, 5.74) is 0.444. The van der Waals surface area contributed by atoms with Crippen molar-refractivity contribution in [2.75, 3.05) is 13.1 Å².